The highest BCUT2D eigenvalue weighted by molar-refractivity contribution is 7.97. The highest BCUT2D eigenvalue weighted by atomic mass is 32.2. The maximum atomic E-state index is 14.7. The first kappa shape index (κ1) is 21.7. The van der Waals surface area contributed by atoms with E-state index in [4.69, 9.17) is 4.98 Å². The van der Waals surface area contributed by atoms with Gasteiger partial charge in [-0.1, -0.05) is 0 Å². The zero-order valence-corrected chi connectivity index (χ0v) is 19.2. The van der Waals surface area contributed by atoms with E-state index in [1.54, 1.807) is 6.07 Å². The first-order valence-corrected chi connectivity index (χ1v) is 11.2. The number of anilines is 2. The van der Waals surface area contributed by atoms with Crippen LogP contribution >= 0.6 is 11.9 Å². The maximum Gasteiger partial charge on any atom is 0.227 e. The molecule has 0 saturated heterocycles. The van der Waals surface area contributed by atoms with Crippen molar-refractivity contribution in [2.45, 2.75) is 31.1 Å². The number of nitrogens with one attached hydrogen (secondary N) is 2. The summed E-state index contributed by atoms with van der Waals surface area (Å²) in [6.45, 7) is 3.87. The molecular weight excluding hydrogens is 413 g/mol. The average molecular weight is 442 g/mol. The molecule has 1 aliphatic rings. The molecule has 2 N–H and O–H groups in total. The van der Waals surface area contributed by atoms with Gasteiger partial charge in [0.2, 0.25) is 5.95 Å². The summed E-state index contributed by atoms with van der Waals surface area (Å²) in [6.07, 6.45) is 4.61. The molecule has 0 fully saturated rings. The summed E-state index contributed by atoms with van der Waals surface area (Å²) in [5.74, 6) is 1.01. The lowest BCUT2D eigenvalue weighted by Crippen LogP contribution is -2.17. The highest BCUT2D eigenvalue weighted by Gasteiger charge is 2.24. The van der Waals surface area contributed by atoms with Gasteiger partial charge in [-0.25, -0.2) is 19.3 Å². The van der Waals surface area contributed by atoms with Crippen molar-refractivity contribution in [3.8, 4) is 11.4 Å². The number of fused-ring (bicyclic) bond motifs is 3. The molecule has 1 aromatic carbocycles. The molecule has 0 aliphatic heterocycles. The molecule has 0 saturated carbocycles. The fourth-order valence-corrected chi connectivity index (χ4v) is 4.35. The Morgan fingerprint density at radius 3 is 2.84 bits per heavy atom. The number of aryl methyl sites for hydroxylation is 3. The van der Waals surface area contributed by atoms with E-state index in [9.17, 15) is 4.39 Å². The van der Waals surface area contributed by atoms with Crippen molar-refractivity contribution in [3.05, 3.63) is 47.3 Å². The standard InChI is InChI=1S/C22H28FN7S/c1-14-26-19-8-6-15-13-24-22(28-20(15)21(19)30(14)4)27-18-9-7-16(12-17(18)23)31-25-10-5-11-29(2)3/h7,9,12-13,25H,5-6,8,10-11H2,1-4H3,(H,24,27,28). The Morgan fingerprint density at radius 2 is 2.06 bits per heavy atom. The Balaban J connectivity index is 1.45. The first-order valence-electron chi connectivity index (χ1n) is 10.4. The monoisotopic (exact) mass is 441 g/mol. The average Bonchev–Trinajstić information content (AvgIpc) is 3.03. The molecule has 0 atom stereocenters. The van der Waals surface area contributed by atoms with E-state index in [0.29, 0.717) is 11.6 Å². The van der Waals surface area contributed by atoms with Crippen molar-refractivity contribution >= 4 is 23.6 Å². The second-order valence-corrected chi connectivity index (χ2v) is 8.96. The van der Waals surface area contributed by atoms with Crippen molar-refractivity contribution < 1.29 is 4.39 Å². The third-order valence-corrected chi connectivity index (χ3v) is 6.21. The van der Waals surface area contributed by atoms with Crippen LogP contribution in [0.25, 0.3) is 11.4 Å². The summed E-state index contributed by atoms with van der Waals surface area (Å²) in [5, 5.41) is 3.03. The number of nitrogens with zero attached hydrogens (tertiary/aromatic N) is 5. The lowest BCUT2D eigenvalue weighted by molar-refractivity contribution is 0.401. The zero-order valence-electron chi connectivity index (χ0n) is 18.4. The summed E-state index contributed by atoms with van der Waals surface area (Å²) in [5.41, 5.74) is 4.40. The van der Waals surface area contributed by atoms with Crippen molar-refractivity contribution in [1.29, 1.82) is 0 Å². The molecule has 9 heteroatoms. The Morgan fingerprint density at radius 1 is 1.23 bits per heavy atom. The fraction of sp³-hybridized carbons (Fsp3) is 0.409. The Kier molecular flexibility index (Phi) is 6.54. The molecule has 0 spiro atoms. The molecule has 31 heavy (non-hydrogen) atoms. The fourth-order valence-electron chi connectivity index (χ4n) is 3.64. The lowest BCUT2D eigenvalue weighted by atomic mass is 9.98. The van der Waals surface area contributed by atoms with Gasteiger partial charge in [0.15, 0.2) is 0 Å². The number of aromatic nitrogens is 4. The predicted molar refractivity (Wildman–Crippen MR) is 123 cm³/mol. The number of hydrogen-bond acceptors (Lipinski definition) is 7. The van der Waals surface area contributed by atoms with Gasteiger partial charge in [0.25, 0.3) is 0 Å². The summed E-state index contributed by atoms with van der Waals surface area (Å²) in [6, 6.07) is 5.13. The van der Waals surface area contributed by atoms with Crippen LogP contribution in [-0.2, 0) is 19.9 Å². The summed E-state index contributed by atoms with van der Waals surface area (Å²) < 4.78 is 20.0. The van der Waals surface area contributed by atoms with E-state index in [-0.39, 0.29) is 5.82 Å². The third-order valence-electron chi connectivity index (χ3n) is 5.37. The van der Waals surface area contributed by atoms with Crippen molar-refractivity contribution in [2.75, 3.05) is 32.5 Å². The molecule has 0 amide bonds. The van der Waals surface area contributed by atoms with Crippen LogP contribution in [0.1, 0.15) is 23.5 Å². The van der Waals surface area contributed by atoms with Crippen LogP contribution in [-0.4, -0.2) is 51.6 Å². The molecule has 0 unspecified atom stereocenters. The molecule has 0 radical (unpaired) electrons. The van der Waals surface area contributed by atoms with Crippen LogP contribution in [0.5, 0.6) is 0 Å². The molecule has 1 aliphatic carbocycles. The second-order valence-electron chi connectivity index (χ2n) is 8.00. The van der Waals surface area contributed by atoms with Gasteiger partial charge >= 0.3 is 0 Å². The van der Waals surface area contributed by atoms with E-state index >= 15 is 0 Å². The van der Waals surface area contributed by atoms with Gasteiger partial charge in [0.05, 0.1) is 22.8 Å². The molecule has 0 bridgehead atoms. The minimum absolute atomic E-state index is 0.335. The number of rotatable bonds is 8. The predicted octanol–water partition coefficient (Wildman–Crippen LogP) is 3.72. The Labute approximate surface area is 186 Å². The van der Waals surface area contributed by atoms with Crippen molar-refractivity contribution in [3.63, 3.8) is 0 Å². The first-order chi connectivity index (χ1) is 14.9. The summed E-state index contributed by atoms with van der Waals surface area (Å²) in [7, 11) is 6.10. The largest absolute Gasteiger partial charge is 0.330 e. The van der Waals surface area contributed by atoms with Gasteiger partial charge in [-0.05, 0) is 82.5 Å². The molecule has 2 aromatic heterocycles. The van der Waals surface area contributed by atoms with Crippen LogP contribution < -0.4 is 10.0 Å². The minimum Gasteiger partial charge on any atom is -0.330 e. The van der Waals surface area contributed by atoms with Crippen LogP contribution in [0.15, 0.2) is 29.3 Å². The zero-order chi connectivity index (χ0) is 22.0. The summed E-state index contributed by atoms with van der Waals surface area (Å²) >= 11 is 1.44. The van der Waals surface area contributed by atoms with Crippen molar-refractivity contribution in [2.24, 2.45) is 7.05 Å². The van der Waals surface area contributed by atoms with Gasteiger partial charge < -0.3 is 14.8 Å². The minimum atomic E-state index is -0.335. The van der Waals surface area contributed by atoms with Gasteiger partial charge in [0.1, 0.15) is 11.6 Å². The Bertz CT molecular complexity index is 1080. The van der Waals surface area contributed by atoms with Gasteiger partial charge in [-0.2, -0.15) is 0 Å². The quantitative estimate of drug-likeness (QED) is 0.408. The SMILES string of the molecule is Cc1nc2c(n1C)-c1nc(Nc3ccc(SNCCCN(C)C)cc3F)ncc1CC2. The molecule has 7 nitrogen and oxygen atoms in total. The summed E-state index contributed by atoms with van der Waals surface area (Å²) in [4.78, 5) is 16.7. The third kappa shape index (κ3) is 4.89. The smallest absolute Gasteiger partial charge is 0.227 e. The van der Waals surface area contributed by atoms with E-state index in [0.717, 1.165) is 65.7 Å². The number of hydrogen-bond donors (Lipinski definition) is 2. The molecular formula is C22H28FN7S. The Hall–Kier alpha value is -2.49. The normalized spacial score (nSPS) is 12.7. The number of imidazole rings is 1. The topological polar surface area (TPSA) is 70.9 Å². The van der Waals surface area contributed by atoms with Crippen LogP contribution in [0, 0.1) is 12.7 Å². The molecule has 2 heterocycles. The van der Waals surface area contributed by atoms with Crippen LogP contribution in [0.3, 0.4) is 0 Å². The van der Waals surface area contributed by atoms with E-state index < -0.39 is 0 Å². The van der Waals surface area contributed by atoms with Gasteiger partial charge in [0, 0.05) is 24.7 Å². The lowest BCUT2D eigenvalue weighted by Gasteiger charge is -2.17. The van der Waals surface area contributed by atoms with Crippen LogP contribution in [0.2, 0.25) is 0 Å². The van der Waals surface area contributed by atoms with E-state index in [2.05, 4.69) is 43.6 Å². The van der Waals surface area contributed by atoms with E-state index in [1.165, 1.54) is 18.0 Å². The van der Waals surface area contributed by atoms with Crippen molar-refractivity contribution in [1.82, 2.24) is 29.1 Å². The molecule has 164 valence electrons. The van der Waals surface area contributed by atoms with E-state index in [1.807, 2.05) is 26.2 Å². The molecule has 3 aromatic rings. The number of benzene rings is 1. The molecule has 4 rings (SSSR count). The number of halogens is 1. The van der Waals surface area contributed by atoms with Gasteiger partial charge in [-0.3, -0.25) is 4.72 Å². The highest BCUT2D eigenvalue weighted by Crippen LogP contribution is 2.33. The van der Waals surface area contributed by atoms with Gasteiger partial charge in [-0.15, -0.1) is 0 Å². The maximum absolute atomic E-state index is 14.7. The second kappa shape index (κ2) is 9.33. The van der Waals surface area contributed by atoms with Crippen LogP contribution in [0.4, 0.5) is 16.0 Å².